The predicted octanol–water partition coefficient (Wildman–Crippen LogP) is 2.18. The van der Waals surface area contributed by atoms with Crippen LogP contribution in [0, 0.1) is 0 Å². The Balaban J connectivity index is 2.83. The summed E-state index contributed by atoms with van der Waals surface area (Å²) in [7, 11) is 1.37. The third-order valence-electron chi connectivity index (χ3n) is 2.42. The van der Waals surface area contributed by atoms with Crippen LogP contribution in [0.2, 0.25) is 4.34 Å². The first kappa shape index (κ1) is 13.4. The number of rotatable bonds is 5. The number of nitrogens with two attached hydrogens (primary N) is 1. The van der Waals surface area contributed by atoms with Gasteiger partial charge in [-0.1, -0.05) is 18.5 Å². The van der Waals surface area contributed by atoms with Crippen LogP contribution in [-0.2, 0) is 9.53 Å². The van der Waals surface area contributed by atoms with Crippen molar-refractivity contribution in [1.29, 1.82) is 0 Å². The van der Waals surface area contributed by atoms with E-state index >= 15 is 0 Å². The first-order valence-corrected chi connectivity index (χ1v) is 6.21. The van der Waals surface area contributed by atoms with Crippen molar-refractivity contribution in [3.8, 4) is 0 Å². The molecule has 0 aromatic carbocycles. The highest BCUT2D eigenvalue weighted by Gasteiger charge is 2.25. The maximum Gasteiger partial charge on any atom is 0.306 e. The molecule has 90 valence electrons. The summed E-state index contributed by atoms with van der Waals surface area (Å²) >= 11 is 7.18. The number of esters is 1. The average molecular weight is 263 g/mol. The van der Waals surface area contributed by atoms with Gasteiger partial charge in [0.25, 0.3) is 0 Å². The third-order valence-corrected chi connectivity index (χ3v) is 3.66. The molecule has 1 aromatic rings. The summed E-state index contributed by atoms with van der Waals surface area (Å²) in [4.78, 5) is 15.5. The van der Waals surface area contributed by atoms with E-state index in [-0.39, 0.29) is 24.3 Å². The van der Waals surface area contributed by atoms with Crippen LogP contribution >= 0.6 is 22.9 Å². The van der Waals surface area contributed by atoms with Gasteiger partial charge in [0.1, 0.15) is 4.34 Å². The zero-order valence-corrected chi connectivity index (χ0v) is 10.8. The second-order valence-corrected chi connectivity index (χ2v) is 5.15. The highest BCUT2D eigenvalue weighted by molar-refractivity contribution is 7.15. The molecule has 2 unspecified atom stereocenters. The van der Waals surface area contributed by atoms with Crippen molar-refractivity contribution in [3.63, 3.8) is 0 Å². The molecular weight excluding hydrogens is 248 g/mol. The van der Waals surface area contributed by atoms with Gasteiger partial charge < -0.3 is 10.5 Å². The summed E-state index contributed by atoms with van der Waals surface area (Å²) in [5, 5.41) is 0.796. The minimum atomic E-state index is -0.278. The van der Waals surface area contributed by atoms with Gasteiger partial charge in [0.05, 0.1) is 24.7 Å². The molecule has 2 N–H and O–H groups in total. The minimum absolute atomic E-state index is 0.110. The van der Waals surface area contributed by atoms with Gasteiger partial charge in [-0.05, 0) is 6.42 Å². The van der Waals surface area contributed by atoms with Gasteiger partial charge in [-0.25, -0.2) is 4.98 Å². The number of thiazole rings is 1. The Morgan fingerprint density at radius 2 is 2.44 bits per heavy atom. The molecule has 0 spiro atoms. The van der Waals surface area contributed by atoms with Crippen molar-refractivity contribution in [1.82, 2.24) is 4.98 Å². The molecular formula is C10H15ClN2O2S. The molecule has 6 heteroatoms. The van der Waals surface area contributed by atoms with E-state index in [2.05, 4.69) is 9.72 Å². The summed E-state index contributed by atoms with van der Waals surface area (Å²) in [6.45, 7) is 1.98. The lowest BCUT2D eigenvalue weighted by molar-refractivity contribution is -0.141. The normalized spacial score (nSPS) is 14.5. The zero-order valence-electron chi connectivity index (χ0n) is 9.27. The Morgan fingerprint density at radius 3 is 2.88 bits per heavy atom. The first-order valence-electron chi connectivity index (χ1n) is 5.02. The van der Waals surface area contributed by atoms with E-state index in [1.807, 2.05) is 6.92 Å². The number of carbonyl (C=O) groups is 1. The zero-order chi connectivity index (χ0) is 12.1. The van der Waals surface area contributed by atoms with E-state index in [1.54, 1.807) is 6.20 Å². The molecule has 0 fully saturated rings. The summed E-state index contributed by atoms with van der Waals surface area (Å²) in [6.07, 6.45) is 2.60. The summed E-state index contributed by atoms with van der Waals surface area (Å²) in [5.41, 5.74) is 5.98. The van der Waals surface area contributed by atoms with E-state index < -0.39 is 0 Å². The predicted molar refractivity (Wildman–Crippen MR) is 64.8 cm³/mol. The van der Waals surface area contributed by atoms with Crippen LogP contribution in [-0.4, -0.2) is 24.1 Å². The fourth-order valence-corrected chi connectivity index (χ4v) is 2.51. The van der Waals surface area contributed by atoms with E-state index in [1.165, 1.54) is 18.4 Å². The van der Waals surface area contributed by atoms with E-state index in [0.29, 0.717) is 4.34 Å². The van der Waals surface area contributed by atoms with Crippen LogP contribution < -0.4 is 5.73 Å². The number of nitrogens with zero attached hydrogens (tertiary/aromatic N) is 1. The van der Waals surface area contributed by atoms with Crippen LogP contribution in [0.1, 0.15) is 30.7 Å². The Morgan fingerprint density at radius 1 is 1.75 bits per heavy atom. The molecule has 4 nitrogen and oxygen atoms in total. The van der Waals surface area contributed by atoms with Gasteiger partial charge in [-0.3, -0.25) is 4.79 Å². The minimum Gasteiger partial charge on any atom is -0.469 e. The van der Waals surface area contributed by atoms with E-state index in [4.69, 9.17) is 17.3 Å². The summed E-state index contributed by atoms with van der Waals surface area (Å²) in [6, 6.07) is -0.110. The highest BCUT2D eigenvalue weighted by Crippen LogP contribution is 2.30. The maximum atomic E-state index is 11.3. The van der Waals surface area contributed by atoms with Crippen LogP contribution in [0.4, 0.5) is 0 Å². The molecule has 1 heterocycles. The quantitative estimate of drug-likeness (QED) is 0.826. The Hall–Kier alpha value is -0.650. The van der Waals surface area contributed by atoms with Gasteiger partial charge in [0.2, 0.25) is 0 Å². The highest BCUT2D eigenvalue weighted by atomic mass is 35.5. The first-order chi connectivity index (χ1) is 7.58. The lowest BCUT2D eigenvalue weighted by atomic mass is 9.95. The maximum absolute atomic E-state index is 11.3. The fourth-order valence-electron chi connectivity index (χ4n) is 1.41. The molecule has 1 rings (SSSR count). The second-order valence-electron chi connectivity index (χ2n) is 3.46. The number of hydrogen-bond acceptors (Lipinski definition) is 5. The van der Waals surface area contributed by atoms with E-state index in [0.717, 1.165) is 11.4 Å². The second kappa shape index (κ2) is 6.18. The van der Waals surface area contributed by atoms with Crippen molar-refractivity contribution in [2.45, 2.75) is 31.7 Å². The lowest BCUT2D eigenvalue weighted by Gasteiger charge is -2.19. The van der Waals surface area contributed by atoms with Crippen LogP contribution in [0.25, 0.3) is 0 Å². The SMILES string of the molecule is CCC(N)C(CC(=O)OC)c1ncc(Cl)s1. The molecule has 0 radical (unpaired) electrons. The van der Waals surface area contributed by atoms with Gasteiger partial charge in [-0.2, -0.15) is 0 Å². The summed E-state index contributed by atoms with van der Waals surface area (Å²) < 4.78 is 5.26. The van der Waals surface area contributed by atoms with Crippen molar-refractivity contribution in [2.24, 2.45) is 5.73 Å². The molecule has 16 heavy (non-hydrogen) atoms. The molecule has 2 atom stereocenters. The largest absolute Gasteiger partial charge is 0.469 e. The molecule has 0 saturated heterocycles. The van der Waals surface area contributed by atoms with Gasteiger partial charge in [0.15, 0.2) is 0 Å². The van der Waals surface area contributed by atoms with Gasteiger partial charge in [-0.15, -0.1) is 11.3 Å². The molecule has 0 bridgehead atoms. The van der Waals surface area contributed by atoms with E-state index in [9.17, 15) is 4.79 Å². The van der Waals surface area contributed by atoms with Crippen LogP contribution in [0.5, 0.6) is 0 Å². The van der Waals surface area contributed by atoms with Crippen molar-refractivity contribution in [3.05, 3.63) is 15.5 Å². The van der Waals surface area contributed by atoms with Gasteiger partial charge >= 0.3 is 5.97 Å². The molecule has 0 aliphatic carbocycles. The third kappa shape index (κ3) is 3.43. The van der Waals surface area contributed by atoms with Crippen molar-refractivity contribution >= 4 is 28.9 Å². The van der Waals surface area contributed by atoms with Crippen molar-refractivity contribution < 1.29 is 9.53 Å². The fraction of sp³-hybridized carbons (Fsp3) is 0.600. The number of ether oxygens (including phenoxy) is 1. The number of carbonyl (C=O) groups excluding carboxylic acids is 1. The van der Waals surface area contributed by atoms with Crippen LogP contribution in [0.3, 0.4) is 0 Å². The number of aromatic nitrogens is 1. The number of hydrogen-bond donors (Lipinski definition) is 1. The smallest absolute Gasteiger partial charge is 0.306 e. The monoisotopic (exact) mass is 262 g/mol. The van der Waals surface area contributed by atoms with Crippen LogP contribution in [0.15, 0.2) is 6.20 Å². The standard InChI is InChI=1S/C10H15ClN2O2S/c1-3-7(12)6(4-9(14)15-2)10-13-5-8(11)16-10/h5-7H,3-4,12H2,1-2H3. The average Bonchev–Trinajstić information content (AvgIpc) is 2.71. The Bertz CT molecular complexity index is 356. The summed E-state index contributed by atoms with van der Waals surface area (Å²) in [5.74, 6) is -0.393. The molecule has 1 aromatic heterocycles. The Kier molecular flexibility index (Phi) is 5.18. The topological polar surface area (TPSA) is 65.2 Å². The molecule has 0 amide bonds. The number of halogens is 1. The lowest BCUT2D eigenvalue weighted by Crippen LogP contribution is -2.29. The molecule has 0 saturated carbocycles. The number of methoxy groups -OCH3 is 1. The van der Waals surface area contributed by atoms with Crippen molar-refractivity contribution in [2.75, 3.05) is 7.11 Å². The molecule has 0 aliphatic heterocycles. The molecule has 0 aliphatic rings. The van der Waals surface area contributed by atoms with Gasteiger partial charge in [0, 0.05) is 12.0 Å². The Labute approximate surface area is 104 Å².